The topological polar surface area (TPSA) is 61.0 Å². The van der Waals surface area contributed by atoms with Gasteiger partial charge in [-0.25, -0.2) is 4.98 Å². The molecule has 0 aliphatic carbocycles. The minimum absolute atomic E-state index is 0.00620. The van der Waals surface area contributed by atoms with E-state index in [1.54, 1.807) is 19.0 Å². The SMILES string of the molecule is Cc1cc(-c2cnc3[nH]cc(-c4ccc(C(=O)N(C)C)cc4)c3c2)cc2c1CCNC2. The Morgan fingerprint density at radius 3 is 2.61 bits per heavy atom. The number of aromatic nitrogens is 2. The fourth-order valence-electron chi connectivity index (χ4n) is 4.46. The van der Waals surface area contributed by atoms with Crippen LogP contribution in [0.5, 0.6) is 0 Å². The first-order valence-electron chi connectivity index (χ1n) is 10.6. The summed E-state index contributed by atoms with van der Waals surface area (Å²) in [6.45, 7) is 4.18. The van der Waals surface area contributed by atoms with Crippen molar-refractivity contribution >= 4 is 16.9 Å². The highest BCUT2D eigenvalue weighted by Crippen LogP contribution is 2.33. The van der Waals surface area contributed by atoms with Crippen LogP contribution < -0.4 is 5.32 Å². The summed E-state index contributed by atoms with van der Waals surface area (Å²) in [5.74, 6) is 0.00620. The van der Waals surface area contributed by atoms with Gasteiger partial charge in [0.1, 0.15) is 5.65 Å². The number of aryl methyl sites for hydroxylation is 1. The monoisotopic (exact) mass is 410 g/mol. The third-order valence-corrected chi connectivity index (χ3v) is 6.15. The quantitative estimate of drug-likeness (QED) is 0.521. The first kappa shape index (κ1) is 19.5. The molecule has 31 heavy (non-hydrogen) atoms. The van der Waals surface area contributed by atoms with Gasteiger partial charge in [0.15, 0.2) is 0 Å². The number of benzene rings is 2. The number of hydrogen-bond donors (Lipinski definition) is 2. The van der Waals surface area contributed by atoms with Gasteiger partial charge in [0, 0.05) is 55.1 Å². The van der Waals surface area contributed by atoms with Gasteiger partial charge in [0.05, 0.1) is 0 Å². The maximum atomic E-state index is 12.2. The van der Waals surface area contributed by atoms with Gasteiger partial charge in [-0.15, -0.1) is 0 Å². The van der Waals surface area contributed by atoms with E-state index >= 15 is 0 Å². The smallest absolute Gasteiger partial charge is 0.253 e. The van der Waals surface area contributed by atoms with E-state index in [-0.39, 0.29) is 5.91 Å². The van der Waals surface area contributed by atoms with E-state index in [9.17, 15) is 4.79 Å². The summed E-state index contributed by atoms with van der Waals surface area (Å²) in [5.41, 5.74) is 10.2. The summed E-state index contributed by atoms with van der Waals surface area (Å²) < 4.78 is 0. The number of amides is 1. The molecule has 1 aliphatic rings. The molecule has 2 aromatic heterocycles. The average Bonchev–Trinajstić information content (AvgIpc) is 3.22. The number of nitrogens with zero attached hydrogens (tertiary/aromatic N) is 2. The maximum Gasteiger partial charge on any atom is 0.253 e. The number of carbonyl (C=O) groups is 1. The van der Waals surface area contributed by atoms with E-state index in [0.29, 0.717) is 5.56 Å². The molecule has 5 nitrogen and oxygen atoms in total. The van der Waals surface area contributed by atoms with Crippen LogP contribution in [0.4, 0.5) is 0 Å². The summed E-state index contributed by atoms with van der Waals surface area (Å²) >= 11 is 0. The van der Waals surface area contributed by atoms with Crippen molar-refractivity contribution < 1.29 is 4.79 Å². The summed E-state index contributed by atoms with van der Waals surface area (Å²) in [5, 5.41) is 4.56. The molecule has 5 heteroatoms. The van der Waals surface area contributed by atoms with Crippen LogP contribution in [0.25, 0.3) is 33.3 Å². The van der Waals surface area contributed by atoms with E-state index in [1.807, 2.05) is 36.7 Å². The van der Waals surface area contributed by atoms with Crippen molar-refractivity contribution in [2.24, 2.45) is 0 Å². The number of carbonyl (C=O) groups excluding carboxylic acids is 1. The van der Waals surface area contributed by atoms with Crippen molar-refractivity contribution in [3.8, 4) is 22.3 Å². The van der Waals surface area contributed by atoms with Crippen LogP contribution in [-0.2, 0) is 13.0 Å². The first-order chi connectivity index (χ1) is 15.0. The molecular weight excluding hydrogens is 384 g/mol. The number of pyridine rings is 1. The van der Waals surface area contributed by atoms with E-state index in [0.717, 1.165) is 47.2 Å². The fraction of sp³-hybridized carbons (Fsp3) is 0.231. The maximum absolute atomic E-state index is 12.2. The summed E-state index contributed by atoms with van der Waals surface area (Å²) in [7, 11) is 3.53. The zero-order chi connectivity index (χ0) is 21.5. The molecule has 0 unspecified atom stereocenters. The lowest BCUT2D eigenvalue weighted by Crippen LogP contribution is -2.24. The Labute approximate surface area is 182 Å². The molecule has 3 heterocycles. The average molecular weight is 411 g/mol. The number of aromatic amines is 1. The Bertz CT molecular complexity index is 1290. The molecule has 0 fully saturated rings. The Balaban J connectivity index is 1.55. The van der Waals surface area contributed by atoms with Crippen molar-refractivity contribution in [2.75, 3.05) is 20.6 Å². The van der Waals surface area contributed by atoms with Gasteiger partial charge in [-0.3, -0.25) is 4.79 Å². The number of H-pyrrole nitrogens is 1. The summed E-state index contributed by atoms with van der Waals surface area (Å²) in [4.78, 5) is 21.7. The van der Waals surface area contributed by atoms with Gasteiger partial charge in [-0.05, 0) is 72.0 Å². The van der Waals surface area contributed by atoms with E-state index in [4.69, 9.17) is 0 Å². The van der Waals surface area contributed by atoms with Gasteiger partial charge in [-0.2, -0.15) is 0 Å². The molecule has 0 saturated heterocycles. The molecule has 0 atom stereocenters. The summed E-state index contributed by atoms with van der Waals surface area (Å²) in [6.07, 6.45) is 5.03. The minimum atomic E-state index is 0.00620. The number of rotatable bonds is 3. The second-order valence-electron chi connectivity index (χ2n) is 8.46. The zero-order valence-corrected chi connectivity index (χ0v) is 18.1. The predicted molar refractivity (Wildman–Crippen MR) is 125 cm³/mol. The predicted octanol–water partition coefficient (Wildman–Crippen LogP) is 4.55. The third-order valence-electron chi connectivity index (χ3n) is 6.15. The van der Waals surface area contributed by atoms with Gasteiger partial charge in [0.2, 0.25) is 0 Å². The molecule has 5 rings (SSSR count). The van der Waals surface area contributed by atoms with Crippen molar-refractivity contribution in [1.29, 1.82) is 0 Å². The number of fused-ring (bicyclic) bond motifs is 2. The lowest BCUT2D eigenvalue weighted by Gasteiger charge is -2.20. The zero-order valence-electron chi connectivity index (χ0n) is 18.1. The molecule has 0 radical (unpaired) electrons. The van der Waals surface area contributed by atoms with Gasteiger partial charge >= 0.3 is 0 Å². The Morgan fingerprint density at radius 2 is 1.84 bits per heavy atom. The second-order valence-corrected chi connectivity index (χ2v) is 8.46. The van der Waals surface area contributed by atoms with Crippen LogP contribution in [0.1, 0.15) is 27.0 Å². The number of nitrogens with one attached hydrogen (secondary N) is 2. The molecule has 156 valence electrons. The van der Waals surface area contributed by atoms with Gasteiger partial charge in [0.25, 0.3) is 5.91 Å². The Hall–Kier alpha value is -3.44. The van der Waals surface area contributed by atoms with Crippen LogP contribution in [0.2, 0.25) is 0 Å². The van der Waals surface area contributed by atoms with E-state index in [2.05, 4.69) is 40.4 Å². The van der Waals surface area contributed by atoms with Crippen molar-refractivity contribution in [1.82, 2.24) is 20.2 Å². The van der Waals surface area contributed by atoms with Crippen LogP contribution in [-0.4, -0.2) is 41.4 Å². The molecular formula is C26H26N4O. The molecule has 1 aliphatic heterocycles. The molecule has 0 spiro atoms. The third kappa shape index (κ3) is 3.51. The molecule has 4 aromatic rings. The molecule has 2 N–H and O–H groups in total. The van der Waals surface area contributed by atoms with Crippen molar-refractivity contribution in [2.45, 2.75) is 19.9 Å². The standard InChI is InChI=1S/C26H26N4O/c1-16-10-19(11-21-13-27-9-8-22(16)21)20-12-23-24(15-29-25(23)28-14-20)17-4-6-18(7-5-17)26(31)30(2)3/h4-7,10-12,14-15,27H,8-9,13H2,1-3H3,(H,28,29). The molecule has 1 amide bonds. The highest BCUT2D eigenvalue weighted by atomic mass is 16.2. The first-order valence-corrected chi connectivity index (χ1v) is 10.6. The minimum Gasteiger partial charge on any atom is -0.346 e. The highest BCUT2D eigenvalue weighted by Gasteiger charge is 2.15. The normalized spacial score (nSPS) is 13.3. The van der Waals surface area contributed by atoms with Gasteiger partial charge < -0.3 is 15.2 Å². The fourth-order valence-corrected chi connectivity index (χ4v) is 4.46. The van der Waals surface area contributed by atoms with Gasteiger partial charge in [-0.1, -0.05) is 18.2 Å². The van der Waals surface area contributed by atoms with Crippen molar-refractivity contribution in [3.63, 3.8) is 0 Å². The largest absolute Gasteiger partial charge is 0.346 e. The summed E-state index contributed by atoms with van der Waals surface area (Å²) in [6, 6.07) is 14.6. The van der Waals surface area contributed by atoms with Crippen LogP contribution in [0.15, 0.2) is 54.9 Å². The second kappa shape index (κ2) is 7.67. The number of hydrogen-bond acceptors (Lipinski definition) is 3. The highest BCUT2D eigenvalue weighted by molar-refractivity contribution is 5.98. The lowest BCUT2D eigenvalue weighted by atomic mass is 9.91. The van der Waals surface area contributed by atoms with Crippen LogP contribution >= 0.6 is 0 Å². The van der Waals surface area contributed by atoms with E-state index in [1.165, 1.54) is 22.3 Å². The molecule has 2 aromatic carbocycles. The Kier molecular flexibility index (Phi) is 4.83. The molecule has 0 bridgehead atoms. The molecule has 0 saturated carbocycles. The van der Waals surface area contributed by atoms with E-state index < -0.39 is 0 Å². The van der Waals surface area contributed by atoms with Crippen LogP contribution in [0.3, 0.4) is 0 Å². The lowest BCUT2D eigenvalue weighted by molar-refractivity contribution is 0.0827. The van der Waals surface area contributed by atoms with Crippen molar-refractivity contribution in [3.05, 3.63) is 77.1 Å². The Morgan fingerprint density at radius 1 is 1.03 bits per heavy atom. The van der Waals surface area contributed by atoms with Crippen LogP contribution in [0, 0.1) is 6.92 Å².